The summed E-state index contributed by atoms with van der Waals surface area (Å²) in [6, 6.07) is 11.8. The molecular weight excluding hydrogens is 206 g/mol. The highest BCUT2D eigenvalue weighted by Gasteiger charge is 2.26. The zero-order valence-electron chi connectivity index (χ0n) is 11.2. The third-order valence-corrected chi connectivity index (χ3v) is 4.33. The van der Waals surface area contributed by atoms with Crippen LogP contribution in [-0.4, -0.2) is 12.6 Å². The number of nitrogens with one attached hydrogen (secondary N) is 1. The Balaban J connectivity index is 2.02. The monoisotopic (exact) mass is 231 g/mol. The molecule has 1 fully saturated rings. The minimum absolute atomic E-state index is 0.726. The van der Waals surface area contributed by atoms with E-state index in [1.165, 1.54) is 37.8 Å². The maximum Gasteiger partial charge on any atom is 0.0101 e. The molecule has 0 saturated carbocycles. The van der Waals surface area contributed by atoms with E-state index in [-0.39, 0.29) is 0 Å². The van der Waals surface area contributed by atoms with Gasteiger partial charge < -0.3 is 5.32 Å². The third-order valence-electron chi connectivity index (χ3n) is 4.33. The number of hydrogen-bond donors (Lipinski definition) is 1. The normalized spacial score (nSPS) is 25.1. The van der Waals surface area contributed by atoms with Crippen LogP contribution < -0.4 is 5.32 Å². The van der Waals surface area contributed by atoms with Gasteiger partial charge in [-0.3, -0.25) is 0 Å². The zero-order valence-corrected chi connectivity index (χ0v) is 11.2. The van der Waals surface area contributed by atoms with E-state index in [1.807, 2.05) is 0 Å². The summed E-state index contributed by atoms with van der Waals surface area (Å²) in [7, 11) is 0. The highest BCUT2D eigenvalue weighted by atomic mass is 14.9. The smallest absolute Gasteiger partial charge is 0.0101 e. The molecule has 2 rings (SSSR count). The van der Waals surface area contributed by atoms with Crippen molar-refractivity contribution >= 4 is 0 Å². The molecule has 1 aromatic rings. The van der Waals surface area contributed by atoms with Crippen molar-refractivity contribution < 1.29 is 0 Å². The molecule has 1 aromatic carbocycles. The van der Waals surface area contributed by atoms with Gasteiger partial charge in [-0.1, -0.05) is 57.0 Å². The van der Waals surface area contributed by atoms with E-state index >= 15 is 0 Å². The van der Waals surface area contributed by atoms with Gasteiger partial charge in [0.05, 0.1) is 0 Å². The van der Waals surface area contributed by atoms with Gasteiger partial charge in [0, 0.05) is 6.04 Å². The predicted molar refractivity (Wildman–Crippen MR) is 74.3 cm³/mol. The van der Waals surface area contributed by atoms with Gasteiger partial charge in [-0.25, -0.2) is 0 Å². The first-order valence-electron chi connectivity index (χ1n) is 7.13. The molecule has 2 unspecified atom stereocenters. The zero-order chi connectivity index (χ0) is 12.1. The Kier molecular flexibility index (Phi) is 4.61. The van der Waals surface area contributed by atoms with Crippen molar-refractivity contribution in [3.8, 4) is 0 Å². The number of hydrogen-bond acceptors (Lipinski definition) is 1. The van der Waals surface area contributed by atoms with E-state index in [0.29, 0.717) is 0 Å². The van der Waals surface area contributed by atoms with Crippen molar-refractivity contribution in [3.05, 3.63) is 35.9 Å². The largest absolute Gasteiger partial charge is 0.314 e. The number of piperidine rings is 1. The summed E-state index contributed by atoms with van der Waals surface area (Å²) in [4.78, 5) is 0. The summed E-state index contributed by atoms with van der Waals surface area (Å²) < 4.78 is 0. The molecule has 1 aliphatic rings. The third kappa shape index (κ3) is 3.10. The van der Waals surface area contributed by atoms with Crippen molar-refractivity contribution in [2.24, 2.45) is 5.92 Å². The topological polar surface area (TPSA) is 12.0 Å². The SMILES string of the molecule is CCC(CC)C1CC(c2ccccc2)CCN1. The standard InChI is InChI=1S/C16H25N/c1-3-13(4-2)16-12-15(10-11-17-16)14-8-6-5-7-9-14/h5-9,13,15-17H,3-4,10-12H2,1-2H3. The molecule has 0 aromatic heterocycles. The number of benzene rings is 1. The van der Waals surface area contributed by atoms with Crippen molar-refractivity contribution in [1.82, 2.24) is 5.32 Å². The summed E-state index contributed by atoms with van der Waals surface area (Å²) in [5, 5.41) is 3.72. The maximum absolute atomic E-state index is 3.72. The van der Waals surface area contributed by atoms with Crippen LogP contribution in [0.15, 0.2) is 30.3 Å². The van der Waals surface area contributed by atoms with Crippen LogP contribution in [0.5, 0.6) is 0 Å². The summed E-state index contributed by atoms with van der Waals surface area (Å²) >= 11 is 0. The van der Waals surface area contributed by atoms with Crippen LogP contribution >= 0.6 is 0 Å². The Labute approximate surface area is 106 Å². The molecule has 0 amide bonds. The number of rotatable bonds is 4. The molecular formula is C16H25N. The molecule has 1 nitrogen and oxygen atoms in total. The molecule has 0 bridgehead atoms. The van der Waals surface area contributed by atoms with Gasteiger partial charge in [-0.2, -0.15) is 0 Å². The fourth-order valence-electron chi connectivity index (χ4n) is 3.20. The summed E-state index contributed by atoms with van der Waals surface area (Å²) in [5.41, 5.74) is 1.53. The average Bonchev–Trinajstić information content (AvgIpc) is 2.42. The van der Waals surface area contributed by atoms with Crippen molar-refractivity contribution in [2.75, 3.05) is 6.54 Å². The van der Waals surface area contributed by atoms with Crippen LogP contribution in [0.25, 0.3) is 0 Å². The lowest BCUT2D eigenvalue weighted by molar-refractivity contribution is 0.261. The average molecular weight is 231 g/mol. The molecule has 94 valence electrons. The van der Waals surface area contributed by atoms with Gasteiger partial charge in [0.2, 0.25) is 0 Å². The van der Waals surface area contributed by atoms with E-state index in [2.05, 4.69) is 49.5 Å². The van der Waals surface area contributed by atoms with Gasteiger partial charge in [-0.15, -0.1) is 0 Å². The first kappa shape index (κ1) is 12.6. The summed E-state index contributed by atoms with van der Waals surface area (Å²) in [6.45, 7) is 5.82. The molecule has 17 heavy (non-hydrogen) atoms. The minimum Gasteiger partial charge on any atom is -0.314 e. The van der Waals surface area contributed by atoms with Gasteiger partial charge in [0.25, 0.3) is 0 Å². The Morgan fingerprint density at radius 3 is 2.53 bits per heavy atom. The molecule has 2 atom stereocenters. The van der Waals surface area contributed by atoms with Crippen molar-refractivity contribution in [2.45, 2.75) is 51.5 Å². The molecule has 0 spiro atoms. The van der Waals surface area contributed by atoms with Gasteiger partial charge in [0.1, 0.15) is 0 Å². The lowest BCUT2D eigenvalue weighted by Crippen LogP contribution is -2.42. The molecule has 1 heterocycles. The van der Waals surface area contributed by atoms with Crippen LogP contribution in [-0.2, 0) is 0 Å². The van der Waals surface area contributed by atoms with Crippen LogP contribution in [0.4, 0.5) is 0 Å². The fourth-order valence-corrected chi connectivity index (χ4v) is 3.20. The van der Waals surface area contributed by atoms with Crippen LogP contribution in [0.2, 0.25) is 0 Å². The molecule has 0 radical (unpaired) electrons. The molecule has 1 N–H and O–H groups in total. The van der Waals surface area contributed by atoms with Gasteiger partial charge in [-0.05, 0) is 36.8 Å². The van der Waals surface area contributed by atoms with Crippen LogP contribution in [0.3, 0.4) is 0 Å². The van der Waals surface area contributed by atoms with E-state index < -0.39 is 0 Å². The first-order chi connectivity index (χ1) is 8.35. The summed E-state index contributed by atoms with van der Waals surface area (Å²) in [5.74, 6) is 1.62. The Morgan fingerprint density at radius 1 is 1.18 bits per heavy atom. The Hall–Kier alpha value is -0.820. The maximum atomic E-state index is 3.72. The second kappa shape index (κ2) is 6.20. The second-order valence-corrected chi connectivity index (χ2v) is 5.27. The Bertz CT molecular complexity index is 316. The highest BCUT2D eigenvalue weighted by molar-refractivity contribution is 5.20. The van der Waals surface area contributed by atoms with E-state index in [0.717, 1.165) is 17.9 Å². The Morgan fingerprint density at radius 2 is 1.88 bits per heavy atom. The predicted octanol–water partition coefficient (Wildman–Crippen LogP) is 3.96. The highest BCUT2D eigenvalue weighted by Crippen LogP contribution is 2.31. The summed E-state index contributed by atoms with van der Waals surface area (Å²) in [6.07, 6.45) is 5.21. The minimum atomic E-state index is 0.726. The lowest BCUT2D eigenvalue weighted by Gasteiger charge is -2.35. The van der Waals surface area contributed by atoms with E-state index in [1.54, 1.807) is 0 Å². The fraction of sp³-hybridized carbons (Fsp3) is 0.625. The van der Waals surface area contributed by atoms with Crippen LogP contribution in [0, 0.1) is 5.92 Å². The van der Waals surface area contributed by atoms with Crippen molar-refractivity contribution in [1.29, 1.82) is 0 Å². The van der Waals surface area contributed by atoms with Gasteiger partial charge >= 0.3 is 0 Å². The molecule has 1 saturated heterocycles. The van der Waals surface area contributed by atoms with Crippen molar-refractivity contribution in [3.63, 3.8) is 0 Å². The molecule has 1 aliphatic heterocycles. The lowest BCUT2D eigenvalue weighted by atomic mass is 9.80. The van der Waals surface area contributed by atoms with Gasteiger partial charge in [0.15, 0.2) is 0 Å². The first-order valence-corrected chi connectivity index (χ1v) is 7.13. The van der Waals surface area contributed by atoms with E-state index in [9.17, 15) is 0 Å². The quantitative estimate of drug-likeness (QED) is 0.827. The van der Waals surface area contributed by atoms with E-state index in [4.69, 9.17) is 0 Å². The molecule has 0 aliphatic carbocycles. The van der Waals surface area contributed by atoms with Crippen LogP contribution in [0.1, 0.15) is 51.0 Å². The second-order valence-electron chi connectivity index (χ2n) is 5.27. The molecule has 1 heteroatoms.